The molecule has 0 saturated carbocycles. The van der Waals surface area contributed by atoms with Gasteiger partial charge in [-0.05, 0) is 67.5 Å². The van der Waals surface area contributed by atoms with Gasteiger partial charge in [-0.15, -0.1) is 11.7 Å². The Kier molecular flexibility index (Phi) is 9.09. The summed E-state index contributed by atoms with van der Waals surface area (Å²) in [7, 11) is -1.34. The van der Waals surface area contributed by atoms with Crippen molar-refractivity contribution >= 4 is 31.5 Å². The van der Waals surface area contributed by atoms with E-state index in [0.717, 1.165) is 5.56 Å². The van der Waals surface area contributed by atoms with E-state index in [-0.39, 0.29) is 29.8 Å². The third kappa shape index (κ3) is 5.96. The van der Waals surface area contributed by atoms with Crippen molar-refractivity contribution in [2.24, 2.45) is 5.92 Å². The molecule has 0 radical (unpaired) electrons. The molecule has 12 heteroatoms. The monoisotopic (exact) mass is 667 g/mol. The zero-order valence-corrected chi connectivity index (χ0v) is 28.5. The minimum absolute atomic E-state index is 0.219. The molecule has 0 bridgehead atoms. The summed E-state index contributed by atoms with van der Waals surface area (Å²) in [6.07, 6.45) is 2.45. The summed E-state index contributed by atoms with van der Waals surface area (Å²) < 4.78 is 13.8. The highest BCUT2D eigenvalue weighted by Gasteiger charge is 2.66. The van der Waals surface area contributed by atoms with Gasteiger partial charge in [-0.25, -0.2) is 0 Å². The molecule has 1 aromatic heterocycles. The lowest BCUT2D eigenvalue weighted by atomic mass is 9.82. The summed E-state index contributed by atoms with van der Waals surface area (Å²) in [4.78, 5) is 40.9. The molecule has 1 spiro atoms. The van der Waals surface area contributed by atoms with Crippen molar-refractivity contribution in [3.05, 3.63) is 114 Å². The zero-order chi connectivity index (χ0) is 34.2. The second-order valence-corrected chi connectivity index (χ2v) is 17.0. The summed E-state index contributed by atoms with van der Waals surface area (Å²) in [5.74, 6) is -0.256. The molecule has 3 heterocycles. The van der Waals surface area contributed by atoms with Gasteiger partial charge < -0.3 is 29.6 Å². The van der Waals surface area contributed by atoms with E-state index in [2.05, 4.69) is 22.2 Å². The topological polar surface area (TPSA) is 139 Å². The van der Waals surface area contributed by atoms with Crippen LogP contribution in [0.2, 0.25) is 18.6 Å². The van der Waals surface area contributed by atoms with Crippen molar-refractivity contribution in [2.45, 2.75) is 56.3 Å². The number of hydrogen-bond donors (Lipinski definition) is 3. The first kappa shape index (κ1) is 33.3. The number of aryl methyl sites for hydroxylation is 1. The Morgan fingerprint density at radius 1 is 1.17 bits per heavy atom. The predicted octanol–water partition coefficient (Wildman–Crippen LogP) is 5.04. The Bertz CT molecular complexity index is 1810. The summed E-state index contributed by atoms with van der Waals surface area (Å²) in [5, 5.41) is 22.2. The first-order valence-corrected chi connectivity index (χ1v) is 19.1. The SMILES string of the molecule is C=CCN1C(=O)[C@@]2(O[C@@H](CCn3cc([C@H](O)c4ccccc4)nn3)[C@H]([Si](C)(C)O)[C@H]2C)c2cc(NC(=O)c3ccc(OC)cc3)ccc21. The van der Waals surface area contributed by atoms with Crippen molar-refractivity contribution < 1.29 is 29.0 Å². The van der Waals surface area contributed by atoms with Gasteiger partial charge in [0.2, 0.25) is 0 Å². The van der Waals surface area contributed by atoms with Gasteiger partial charge in [0.25, 0.3) is 11.8 Å². The van der Waals surface area contributed by atoms with Crippen LogP contribution in [-0.4, -0.2) is 64.8 Å². The van der Waals surface area contributed by atoms with Crippen molar-refractivity contribution in [3.63, 3.8) is 0 Å². The maximum Gasteiger partial charge on any atom is 0.264 e. The highest BCUT2D eigenvalue weighted by Crippen LogP contribution is 2.60. The largest absolute Gasteiger partial charge is 0.497 e. The molecule has 1 saturated heterocycles. The lowest BCUT2D eigenvalue weighted by molar-refractivity contribution is -0.145. The fourth-order valence-corrected chi connectivity index (χ4v) is 9.90. The highest BCUT2D eigenvalue weighted by molar-refractivity contribution is 6.71. The van der Waals surface area contributed by atoms with Gasteiger partial charge in [0, 0.05) is 41.4 Å². The van der Waals surface area contributed by atoms with Crippen LogP contribution in [-0.2, 0) is 21.7 Å². The molecule has 48 heavy (non-hydrogen) atoms. The molecule has 0 unspecified atom stereocenters. The van der Waals surface area contributed by atoms with Gasteiger partial charge in [-0.3, -0.25) is 14.3 Å². The molecular formula is C36H41N5O6Si. The number of anilines is 2. The van der Waals surface area contributed by atoms with Crippen molar-refractivity contribution in [1.29, 1.82) is 0 Å². The van der Waals surface area contributed by atoms with Gasteiger partial charge in [0.05, 0.1) is 25.1 Å². The van der Waals surface area contributed by atoms with Gasteiger partial charge in [0.1, 0.15) is 17.5 Å². The highest BCUT2D eigenvalue weighted by atomic mass is 28.4. The summed E-state index contributed by atoms with van der Waals surface area (Å²) in [6.45, 7) is 10.3. The summed E-state index contributed by atoms with van der Waals surface area (Å²) >= 11 is 0. The maximum absolute atomic E-state index is 14.4. The van der Waals surface area contributed by atoms with Crippen molar-refractivity contribution in [3.8, 4) is 5.75 Å². The van der Waals surface area contributed by atoms with E-state index in [1.54, 1.807) is 59.3 Å². The second-order valence-electron chi connectivity index (χ2n) is 13.0. The van der Waals surface area contributed by atoms with Crippen LogP contribution in [0.4, 0.5) is 11.4 Å². The molecule has 0 aliphatic carbocycles. The van der Waals surface area contributed by atoms with E-state index >= 15 is 0 Å². The third-order valence-electron chi connectivity index (χ3n) is 9.50. The standard InChI is InChI=1S/C36H41N5O6Si/c1-6-19-41-30-17-14-26(37-34(43)25-12-15-27(46-3)16-13-25)21-28(30)36(35(41)44)23(2)33(48(4,5)45)31(47-36)18-20-40-22-29(38-39-40)32(42)24-10-8-7-9-11-24/h6-17,21-23,31-33,42,45H,1,18-20H2,2-5H3,(H,37,43)/t23-,31+,32-,33-,36+/m1/s1. The lowest BCUT2D eigenvalue weighted by Gasteiger charge is -2.32. The smallest absolute Gasteiger partial charge is 0.264 e. The predicted molar refractivity (Wildman–Crippen MR) is 184 cm³/mol. The summed E-state index contributed by atoms with van der Waals surface area (Å²) in [5.41, 5.74) is 1.78. The average molecular weight is 668 g/mol. The second kappa shape index (κ2) is 13.1. The Morgan fingerprint density at radius 2 is 1.90 bits per heavy atom. The molecular weight excluding hydrogens is 627 g/mol. The number of carbonyl (C=O) groups excluding carboxylic acids is 2. The number of benzene rings is 3. The van der Waals surface area contributed by atoms with E-state index in [0.29, 0.717) is 46.9 Å². The molecule has 3 aromatic carbocycles. The minimum atomic E-state index is -2.90. The quantitative estimate of drug-likeness (QED) is 0.149. The number of aliphatic hydroxyl groups is 1. The summed E-state index contributed by atoms with van der Waals surface area (Å²) in [6, 6.07) is 21.5. The molecule has 4 aromatic rings. The number of aromatic nitrogens is 3. The maximum atomic E-state index is 14.4. The Hall–Kier alpha value is -4.62. The number of ether oxygens (including phenoxy) is 2. The van der Waals surface area contributed by atoms with Crippen molar-refractivity contribution in [1.82, 2.24) is 15.0 Å². The van der Waals surface area contributed by atoms with Gasteiger partial charge in [-0.2, -0.15) is 0 Å². The van der Waals surface area contributed by atoms with Crippen LogP contribution < -0.4 is 15.0 Å². The number of nitrogens with one attached hydrogen (secondary N) is 1. The van der Waals surface area contributed by atoms with Crippen molar-refractivity contribution in [2.75, 3.05) is 23.9 Å². The first-order chi connectivity index (χ1) is 23.0. The molecule has 250 valence electrons. The van der Waals surface area contributed by atoms with Gasteiger partial charge >= 0.3 is 0 Å². The number of carbonyl (C=O) groups is 2. The van der Waals surface area contributed by atoms with Crippen LogP contribution in [0.25, 0.3) is 0 Å². The number of fused-ring (bicyclic) bond motifs is 2. The third-order valence-corrected chi connectivity index (χ3v) is 12.0. The lowest BCUT2D eigenvalue weighted by Crippen LogP contribution is -2.46. The zero-order valence-electron chi connectivity index (χ0n) is 27.5. The van der Waals surface area contributed by atoms with E-state index < -0.39 is 26.1 Å². The van der Waals surface area contributed by atoms with Crippen LogP contribution in [0.5, 0.6) is 5.75 Å². The minimum Gasteiger partial charge on any atom is -0.497 e. The van der Waals surface area contributed by atoms with E-state index in [1.807, 2.05) is 62.5 Å². The molecule has 2 amide bonds. The molecule has 1 fully saturated rings. The van der Waals surface area contributed by atoms with Crippen LogP contribution in [0.3, 0.4) is 0 Å². The number of methoxy groups -OCH3 is 1. The van der Waals surface area contributed by atoms with Crippen LogP contribution >= 0.6 is 0 Å². The van der Waals surface area contributed by atoms with Gasteiger partial charge in [-0.1, -0.05) is 48.5 Å². The molecule has 2 aliphatic rings. The number of rotatable bonds is 11. The number of hydrogen-bond acceptors (Lipinski definition) is 8. The normalized spacial score (nSPS) is 22.5. The van der Waals surface area contributed by atoms with Crippen LogP contribution in [0, 0.1) is 5.92 Å². The Morgan fingerprint density at radius 3 is 2.56 bits per heavy atom. The molecule has 6 rings (SSSR count). The number of amides is 2. The Labute approximate surface area is 280 Å². The number of aliphatic hydroxyl groups excluding tert-OH is 1. The van der Waals surface area contributed by atoms with Crippen LogP contribution in [0.1, 0.15) is 46.6 Å². The molecule has 3 N–H and O–H groups in total. The molecule has 5 atom stereocenters. The fraction of sp³-hybridized carbons (Fsp3) is 0.333. The average Bonchev–Trinajstić information content (AvgIpc) is 3.74. The van der Waals surface area contributed by atoms with Gasteiger partial charge in [0.15, 0.2) is 13.9 Å². The number of nitrogens with zero attached hydrogens (tertiary/aromatic N) is 4. The fourth-order valence-electron chi connectivity index (χ4n) is 7.29. The van der Waals surface area contributed by atoms with Crippen LogP contribution in [0.15, 0.2) is 91.6 Å². The first-order valence-electron chi connectivity index (χ1n) is 16.0. The Balaban J connectivity index is 1.29. The van der Waals surface area contributed by atoms with E-state index in [9.17, 15) is 19.5 Å². The van der Waals surface area contributed by atoms with E-state index in [1.165, 1.54) is 0 Å². The molecule has 2 aliphatic heterocycles. The molecule has 11 nitrogen and oxygen atoms in total. The van der Waals surface area contributed by atoms with E-state index in [4.69, 9.17) is 9.47 Å².